The van der Waals surface area contributed by atoms with Crippen LogP contribution < -0.4 is 10.9 Å². The molecule has 1 unspecified atom stereocenters. The van der Waals surface area contributed by atoms with Crippen LogP contribution in [-0.4, -0.2) is 84.4 Å². The summed E-state index contributed by atoms with van der Waals surface area (Å²) in [5.74, 6) is -1.01. The molecular formula is C14H23N5O7S. The number of nitrogens with zero attached hydrogens (tertiary/aromatic N) is 3. The molecule has 1 saturated carbocycles. The van der Waals surface area contributed by atoms with E-state index >= 15 is 0 Å². The smallest absolute Gasteiger partial charge is 0.309 e. The summed E-state index contributed by atoms with van der Waals surface area (Å²) in [4.78, 5) is 39.9. The average Bonchev–Trinajstić information content (AvgIpc) is 2.74. The van der Waals surface area contributed by atoms with Gasteiger partial charge in [0.2, 0.25) is 5.91 Å². The molecule has 3 N–H and O–H groups in total. The predicted octanol–water partition coefficient (Wildman–Crippen LogP) is -1.52. The monoisotopic (exact) mass is 405 g/mol. The third-order valence-corrected chi connectivity index (χ3v) is 5.67. The molecule has 2 aliphatic heterocycles. The molecule has 12 nitrogen and oxygen atoms in total. The maximum Gasteiger partial charge on any atom is 0.418 e. The zero-order valence-electron chi connectivity index (χ0n) is 15.0. The van der Waals surface area contributed by atoms with E-state index in [4.69, 9.17) is 4.55 Å². The van der Waals surface area contributed by atoms with Crippen molar-refractivity contribution in [1.82, 2.24) is 25.7 Å². The van der Waals surface area contributed by atoms with Gasteiger partial charge in [-0.25, -0.2) is 4.79 Å². The highest BCUT2D eigenvalue weighted by molar-refractivity contribution is 7.80. The molecule has 13 heteroatoms. The molecule has 0 radical (unpaired) electrons. The maximum absolute atomic E-state index is 12.4. The first-order valence-electron chi connectivity index (χ1n) is 8.60. The summed E-state index contributed by atoms with van der Waals surface area (Å²) in [5, 5.41) is 0.566. The number of carbonyl (C=O) groups excluding carboxylic acids is 3. The van der Waals surface area contributed by atoms with Gasteiger partial charge in [-0.15, -0.1) is 4.28 Å². The van der Waals surface area contributed by atoms with Crippen LogP contribution in [0.2, 0.25) is 0 Å². The van der Waals surface area contributed by atoms with Crippen molar-refractivity contribution in [3.05, 3.63) is 0 Å². The van der Waals surface area contributed by atoms with Crippen molar-refractivity contribution in [2.24, 2.45) is 5.92 Å². The van der Waals surface area contributed by atoms with Gasteiger partial charge in [0.1, 0.15) is 6.04 Å². The molecule has 2 heterocycles. The first kappa shape index (κ1) is 19.8. The van der Waals surface area contributed by atoms with Gasteiger partial charge < -0.3 is 9.80 Å². The minimum atomic E-state index is -4.84. The zero-order valence-corrected chi connectivity index (χ0v) is 15.8. The summed E-state index contributed by atoms with van der Waals surface area (Å²) in [6, 6.07) is -1.91. The summed E-state index contributed by atoms with van der Waals surface area (Å²) in [7, 11) is -0.951. The summed E-state index contributed by atoms with van der Waals surface area (Å²) in [6.07, 6.45) is 2.02. The lowest BCUT2D eigenvalue weighted by Crippen LogP contribution is -2.56. The number of fused-ring (bicyclic) bond motifs is 2. The van der Waals surface area contributed by atoms with E-state index in [1.807, 2.05) is 19.0 Å². The highest BCUT2D eigenvalue weighted by Crippen LogP contribution is 2.31. The van der Waals surface area contributed by atoms with Gasteiger partial charge in [-0.3, -0.25) is 25.0 Å². The number of rotatable bonds is 5. The topological polar surface area (TPSA) is 149 Å². The molecule has 27 heavy (non-hydrogen) atoms. The van der Waals surface area contributed by atoms with Crippen molar-refractivity contribution in [3.8, 4) is 0 Å². The number of carbonyl (C=O) groups is 3. The Kier molecular flexibility index (Phi) is 5.29. The lowest BCUT2D eigenvalue weighted by molar-refractivity contribution is -0.136. The predicted molar refractivity (Wildman–Crippen MR) is 89.9 cm³/mol. The summed E-state index contributed by atoms with van der Waals surface area (Å²) >= 11 is 0. The van der Waals surface area contributed by atoms with Gasteiger partial charge in [0.15, 0.2) is 0 Å². The van der Waals surface area contributed by atoms with Crippen LogP contribution in [0.5, 0.6) is 0 Å². The van der Waals surface area contributed by atoms with Crippen molar-refractivity contribution in [3.63, 3.8) is 0 Å². The molecule has 3 rings (SSSR count). The van der Waals surface area contributed by atoms with Crippen LogP contribution in [0.4, 0.5) is 4.79 Å². The highest BCUT2D eigenvalue weighted by Gasteiger charge is 2.49. The van der Waals surface area contributed by atoms with Gasteiger partial charge in [-0.1, -0.05) is 0 Å². The van der Waals surface area contributed by atoms with E-state index in [2.05, 4.69) is 15.1 Å². The summed E-state index contributed by atoms with van der Waals surface area (Å²) < 4.78 is 34.8. The van der Waals surface area contributed by atoms with Crippen LogP contribution in [0.1, 0.15) is 25.7 Å². The second-order valence-electron chi connectivity index (χ2n) is 7.27. The molecular weight excluding hydrogens is 382 g/mol. The van der Waals surface area contributed by atoms with Crippen molar-refractivity contribution >= 4 is 28.2 Å². The number of hydroxylamine groups is 2. The molecule has 152 valence electrons. The maximum atomic E-state index is 12.4. The van der Waals surface area contributed by atoms with Crippen LogP contribution >= 0.6 is 0 Å². The van der Waals surface area contributed by atoms with Crippen LogP contribution in [0.15, 0.2) is 0 Å². The van der Waals surface area contributed by atoms with Crippen molar-refractivity contribution in [2.75, 3.05) is 20.6 Å². The standard InChI is InChI=1S/C14H23N5O7S/c1-17(2)10-5-8(6-10)12(20)15-16-13(21)11-4-3-9-7-18(11)14(22)19(9)26-27(23,24)25/h8-11H,3-7H2,1-2H3,(H,15,20)(H,16,21)(H,23,24,25)/t8?,9?,10?,11-/m0/s1. The minimum absolute atomic E-state index is 0.0908. The van der Waals surface area contributed by atoms with Gasteiger partial charge in [0.05, 0.1) is 6.04 Å². The number of hydrazine groups is 1. The van der Waals surface area contributed by atoms with E-state index in [0.29, 0.717) is 30.4 Å². The molecule has 0 aromatic rings. The quantitative estimate of drug-likeness (QED) is 0.369. The molecule has 0 aromatic carbocycles. The minimum Gasteiger partial charge on any atom is -0.309 e. The Hall–Kier alpha value is -1.96. The second kappa shape index (κ2) is 7.22. The Bertz CT molecular complexity index is 736. The van der Waals surface area contributed by atoms with E-state index < -0.39 is 34.4 Å². The Balaban J connectivity index is 1.51. The summed E-state index contributed by atoms with van der Waals surface area (Å²) in [5.41, 5.74) is 4.73. The Labute approximate surface area is 156 Å². The summed E-state index contributed by atoms with van der Waals surface area (Å²) in [6.45, 7) is 0.0908. The average molecular weight is 405 g/mol. The fourth-order valence-electron chi connectivity index (χ4n) is 3.64. The Morgan fingerprint density at radius 1 is 1.19 bits per heavy atom. The SMILES string of the molecule is CN(C)C1CC(C(=O)NNC(=O)[C@@H]2CCC3CN2C(=O)N3OS(=O)(=O)O)C1. The van der Waals surface area contributed by atoms with Crippen molar-refractivity contribution < 1.29 is 31.6 Å². The Morgan fingerprint density at radius 2 is 1.81 bits per heavy atom. The van der Waals surface area contributed by atoms with Crippen LogP contribution in [0, 0.1) is 5.92 Å². The highest BCUT2D eigenvalue weighted by atomic mass is 32.3. The lowest BCUT2D eigenvalue weighted by atomic mass is 9.79. The first-order valence-corrected chi connectivity index (χ1v) is 9.96. The van der Waals surface area contributed by atoms with Crippen molar-refractivity contribution in [1.29, 1.82) is 0 Å². The fourth-order valence-corrected chi connectivity index (χ4v) is 4.02. The molecule has 1 aliphatic carbocycles. The van der Waals surface area contributed by atoms with E-state index in [1.165, 1.54) is 0 Å². The van der Waals surface area contributed by atoms with Crippen LogP contribution in [0.25, 0.3) is 0 Å². The van der Waals surface area contributed by atoms with E-state index in [-0.39, 0.29) is 24.8 Å². The molecule has 4 amide bonds. The molecule has 0 spiro atoms. The fraction of sp³-hybridized carbons (Fsp3) is 0.786. The number of piperidine rings is 1. The second-order valence-corrected chi connectivity index (χ2v) is 8.28. The molecule has 3 aliphatic rings. The molecule has 2 atom stereocenters. The number of urea groups is 1. The molecule has 2 saturated heterocycles. The molecule has 0 aromatic heterocycles. The largest absolute Gasteiger partial charge is 0.418 e. The Morgan fingerprint density at radius 3 is 2.41 bits per heavy atom. The molecule has 2 bridgehead atoms. The number of nitrogens with one attached hydrogen (secondary N) is 2. The third-order valence-electron chi connectivity index (χ3n) is 5.32. The van der Waals surface area contributed by atoms with Gasteiger partial charge in [0, 0.05) is 18.5 Å². The van der Waals surface area contributed by atoms with Crippen LogP contribution in [-0.2, 0) is 24.3 Å². The van der Waals surface area contributed by atoms with Gasteiger partial charge in [0.25, 0.3) is 5.91 Å². The normalized spacial score (nSPS) is 30.3. The van der Waals surface area contributed by atoms with E-state index in [0.717, 1.165) is 4.90 Å². The van der Waals surface area contributed by atoms with E-state index in [1.54, 1.807) is 0 Å². The van der Waals surface area contributed by atoms with Crippen molar-refractivity contribution in [2.45, 2.75) is 43.8 Å². The van der Waals surface area contributed by atoms with Gasteiger partial charge in [-0.05, 0) is 39.8 Å². The lowest BCUT2D eigenvalue weighted by Gasteiger charge is -2.38. The number of amides is 4. The third kappa shape index (κ3) is 4.15. The van der Waals surface area contributed by atoms with Gasteiger partial charge in [-0.2, -0.15) is 13.5 Å². The first-order chi connectivity index (χ1) is 12.6. The number of hydrogen-bond donors (Lipinski definition) is 3. The van der Waals surface area contributed by atoms with Crippen LogP contribution in [0.3, 0.4) is 0 Å². The molecule has 3 fully saturated rings. The van der Waals surface area contributed by atoms with E-state index in [9.17, 15) is 22.8 Å². The zero-order chi connectivity index (χ0) is 19.9. The van der Waals surface area contributed by atoms with Gasteiger partial charge >= 0.3 is 16.4 Å². The number of hydrogen-bond acceptors (Lipinski definition) is 7.